The molecule has 1 aliphatic heterocycles. The van der Waals surface area contributed by atoms with Crippen LogP contribution in [0.25, 0.3) is 0 Å². The number of rotatable bonds is 5. The van der Waals surface area contributed by atoms with Crippen LogP contribution in [0.2, 0.25) is 0 Å². The van der Waals surface area contributed by atoms with Crippen LogP contribution >= 0.6 is 11.3 Å². The van der Waals surface area contributed by atoms with Crippen LogP contribution < -0.4 is 10.2 Å². The first-order valence-electron chi connectivity index (χ1n) is 8.45. The molecule has 4 nitrogen and oxygen atoms in total. The minimum absolute atomic E-state index is 0.361. The third-order valence-electron chi connectivity index (χ3n) is 4.89. The average molecular weight is 308 g/mol. The number of hydrogen-bond donors (Lipinski definition) is 1. The second kappa shape index (κ2) is 7.07. The van der Waals surface area contributed by atoms with E-state index in [2.05, 4.69) is 34.3 Å². The van der Waals surface area contributed by atoms with E-state index in [9.17, 15) is 0 Å². The quantitative estimate of drug-likeness (QED) is 0.906. The van der Waals surface area contributed by atoms with Gasteiger partial charge in [0.1, 0.15) is 0 Å². The number of anilines is 1. The number of hydrogen-bond acceptors (Lipinski definition) is 5. The molecular formula is C16H28N4S. The topological polar surface area (TPSA) is 31.4 Å². The van der Waals surface area contributed by atoms with Crippen LogP contribution in [0.1, 0.15) is 51.3 Å². The molecule has 2 fully saturated rings. The van der Waals surface area contributed by atoms with E-state index in [4.69, 9.17) is 4.98 Å². The van der Waals surface area contributed by atoms with Gasteiger partial charge in [-0.25, -0.2) is 4.98 Å². The molecule has 0 aromatic carbocycles. The largest absolute Gasteiger partial charge is 0.346 e. The molecule has 0 bridgehead atoms. The Balaban J connectivity index is 1.54. The van der Waals surface area contributed by atoms with Crippen LogP contribution in [0.4, 0.5) is 5.13 Å². The number of nitrogens with zero attached hydrogens (tertiary/aromatic N) is 3. The Morgan fingerprint density at radius 2 is 2.00 bits per heavy atom. The molecule has 0 spiro atoms. The van der Waals surface area contributed by atoms with E-state index in [-0.39, 0.29) is 0 Å². The van der Waals surface area contributed by atoms with Gasteiger partial charge in [-0.05, 0) is 26.3 Å². The van der Waals surface area contributed by atoms with Crippen LogP contribution in [-0.4, -0.2) is 48.6 Å². The van der Waals surface area contributed by atoms with Crippen molar-refractivity contribution in [2.24, 2.45) is 0 Å². The molecule has 1 unspecified atom stereocenters. The minimum Gasteiger partial charge on any atom is -0.346 e. The standard InChI is InChI=1S/C16H28N4S/c1-3-17-13(2)15-12-21-16(18-15)20-10-8-19(9-11-20)14-6-4-5-7-14/h12-14,17H,3-11H2,1-2H3. The van der Waals surface area contributed by atoms with Gasteiger partial charge >= 0.3 is 0 Å². The van der Waals surface area contributed by atoms with Gasteiger partial charge in [0.25, 0.3) is 0 Å². The molecule has 3 rings (SSSR count). The van der Waals surface area contributed by atoms with Gasteiger partial charge in [-0.2, -0.15) is 0 Å². The molecule has 1 saturated heterocycles. The summed E-state index contributed by atoms with van der Waals surface area (Å²) in [6, 6.07) is 1.23. The highest BCUT2D eigenvalue weighted by atomic mass is 32.1. The van der Waals surface area contributed by atoms with Gasteiger partial charge in [-0.15, -0.1) is 11.3 Å². The summed E-state index contributed by atoms with van der Waals surface area (Å²) >= 11 is 1.80. The first kappa shape index (κ1) is 15.3. The van der Waals surface area contributed by atoms with Crippen LogP contribution in [-0.2, 0) is 0 Å². The Morgan fingerprint density at radius 3 is 2.67 bits per heavy atom. The second-order valence-electron chi connectivity index (χ2n) is 6.30. The summed E-state index contributed by atoms with van der Waals surface area (Å²) < 4.78 is 0. The highest BCUT2D eigenvalue weighted by Crippen LogP contribution is 2.28. The molecule has 0 radical (unpaired) electrons. The van der Waals surface area contributed by atoms with Crippen molar-refractivity contribution < 1.29 is 0 Å². The molecule has 5 heteroatoms. The lowest BCUT2D eigenvalue weighted by Crippen LogP contribution is -2.49. The lowest BCUT2D eigenvalue weighted by Gasteiger charge is -2.38. The van der Waals surface area contributed by atoms with Gasteiger partial charge in [-0.1, -0.05) is 19.8 Å². The maximum atomic E-state index is 4.84. The van der Waals surface area contributed by atoms with Gasteiger partial charge in [0.05, 0.1) is 5.69 Å². The Hall–Kier alpha value is -0.650. The number of aromatic nitrogens is 1. The van der Waals surface area contributed by atoms with Gasteiger partial charge in [0.2, 0.25) is 0 Å². The molecule has 1 aromatic heterocycles. The third-order valence-corrected chi connectivity index (χ3v) is 5.81. The molecule has 1 saturated carbocycles. The lowest BCUT2D eigenvalue weighted by molar-refractivity contribution is 0.187. The first-order chi connectivity index (χ1) is 10.3. The maximum absolute atomic E-state index is 4.84. The van der Waals surface area contributed by atoms with Crippen LogP contribution in [0.15, 0.2) is 5.38 Å². The zero-order valence-corrected chi connectivity index (χ0v) is 14.2. The normalized spacial score (nSPS) is 22.9. The Morgan fingerprint density at radius 1 is 1.29 bits per heavy atom. The summed E-state index contributed by atoms with van der Waals surface area (Å²) in [7, 11) is 0. The van der Waals surface area contributed by atoms with Crippen molar-refractivity contribution in [2.75, 3.05) is 37.6 Å². The summed E-state index contributed by atoms with van der Waals surface area (Å²) in [5.41, 5.74) is 1.19. The fraction of sp³-hybridized carbons (Fsp3) is 0.812. The molecule has 1 N–H and O–H groups in total. The van der Waals surface area contributed by atoms with Crippen molar-refractivity contribution in [3.8, 4) is 0 Å². The van der Waals surface area contributed by atoms with Gasteiger partial charge < -0.3 is 10.2 Å². The molecule has 1 aliphatic carbocycles. The molecular weight excluding hydrogens is 280 g/mol. The van der Waals surface area contributed by atoms with Gasteiger partial charge in [-0.3, -0.25) is 4.90 Å². The zero-order valence-electron chi connectivity index (χ0n) is 13.3. The first-order valence-corrected chi connectivity index (χ1v) is 9.33. The molecule has 1 aromatic rings. The molecule has 21 heavy (non-hydrogen) atoms. The van der Waals surface area contributed by atoms with Crippen LogP contribution in [0, 0.1) is 0 Å². The lowest BCUT2D eigenvalue weighted by atomic mass is 10.2. The predicted molar refractivity (Wildman–Crippen MR) is 90.2 cm³/mol. The van der Waals surface area contributed by atoms with Gasteiger partial charge in [0.15, 0.2) is 5.13 Å². The molecule has 118 valence electrons. The summed E-state index contributed by atoms with van der Waals surface area (Å²) in [5, 5.41) is 6.86. The smallest absolute Gasteiger partial charge is 0.185 e. The number of piperazine rings is 1. The van der Waals surface area contributed by atoms with Crippen molar-refractivity contribution in [2.45, 2.75) is 51.6 Å². The highest BCUT2D eigenvalue weighted by molar-refractivity contribution is 7.13. The summed E-state index contributed by atoms with van der Waals surface area (Å²) in [4.78, 5) is 10.0. The molecule has 2 aliphatic rings. The SMILES string of the molecule is CCNC(C)c1csc(N2CCN(C3CCCC3)CC2)n1. The monoisotopic (exact) mass is 308 g/mol. The summed E-state index contributed by atoms with van der Waals surface area (Å²) in [6.45, 7) is 10.0. The van der Waals surface area contributed by atoms with Crippen LogP contribution in [0.5, 0.6) is 0 Å². The Labute approximate surface area is 132 Å². The zero-order chi connectivity index (χ0) is 14.7. The van der Waals surface area contributed by atoms with Gasteiger partial charge in [0, 0.05) is 43.6 Å². The van der Waals surface area contributed by atoms with Crippen molar-refractivity contribution in [1.82, 2.24) is 15.2 Å². The van der Waals surface area contributed by atoms with Crippen molar-refractivity contribution in [3.63, 3.8) is 0 Å². The summed E-state index contributed by atoms with van der Waals surface area (Å²) in [5.74, 6) is 0. The Bertz CT molecular complexity index is 433. The van der Waals surface area contributed by atoms with E-state index in [1.165, 1.54) is 49.6 Å². The summed E-state index contributed by atoms with van der Waals surface area (Å²) in [6.07, 6.45) is 5.70. The van der Waals surface area contributed by atoms with E-state index in [1.807, 2.05) is 0 Å². The molecule has 2 heterocycles. The highest BCUT2D eigenvalue weighted by Gasteiger charge is 2.27. The van der Waals surface area contributed by atoms with Crippen LogP contribution in [0.3, 0.4) is 0 Å². The predicted octanol–water partition coefficient (Wildman–Crippen LogP) is 2.88. The fourth-order valence-electron chi connectivity index (χ4n) is 3.58. The Kier molecular flexibility index (Phi) is 5.14. The fourth-order valence-corrected chi connectivity index (χ4v) is 4.55. The second-order valence-corrected chi connectivity index (χ2v) is 7.13. The van der Waals surface area contributed by atoms with E-state index in [0.29, 0.717) is 6.04 Å². The van der Waals surface area contributed by atoms with E-state index >= 15 is 0 Å². The maximum Gasteiger partial charge on any atom is 0.185 e. The van der Waals surface area contributed by atoms with E-state index in [0.717, 1.165) is 25.7 Å². The third kappa shape index (κ3) is 3.58. The number of thiazole rings is 1. The van der Waals surface area contributed by atoms with Crippen molar-refractivity contribution in [3.05, 3.63) is 11.1 Å². The van der Waals surface area contributed by atoms with Crippen molar-refractivity contribution in [1.29, 1.82) is 0 Å². The van der Waals surface area contributed by atoms with E-state index < -0.39 is 0 Å². The van der Waals surface area contributed by atoms with Crippen molar-refractivity contribution >= 4 is 16.5 Å². The number of nitrogens with one attached hydrogen (secondary N) is 1. The molecule has 1 atom stereocenters. The molecule has 0 amide bonds. The van der Waals surface area contributed by atoms with E-state index in [1.54, 1.807) is 11.3 Å². The minimum atomic E-state index is 0.361. The average Bonchev–Trinajstić information content (AvgIpc) is 3.19.